The zero-order chi connectivity index (χ0) is 18.8. The van der Waals surface area contributed by atoms with Crippen molar-refractivity contribution in [2.45, 2.75) is 39.3 Å². The van der Waals surface area contributed by atoms with Gasteiger partial charge in [0, 0.05) is 19.1 Å². The average Bonchev–Trinajstić information content (AvgIpc) is 3.02. The number of piperidine rings is 1. The third-order valence-electron chi connectivity index (χ3n) is 4.19. The van der Waals surface area contributed by atoms with Crippen molar-refractivity contribution >= 4 is 38.6 Å². The first kappa shape index (κ1) is 18.3. The van der Waals surface area contributed by atoms with Crippen LogP contribution >= 0.6 is 11.3 Å². The fourth-order valence-electron chi connectivity index (χ4n) is 3.02. The second kappa shape index (κ2) is 7.40. The summed E-state index contributed by atoms with van der Waals surface area (Å²) in [6, 6.07) is 0.105. The summed E-state index contributed by atoms with van der Waals surface area (Å²) in [5.41, 5.74) is 5.17. The number of hydrogen-bond acceptors (Lipinski definition) is 7. The van der Waals surface area contributed by atoms with E-state index in [-0.39, 0.29) is 30.0 Å². The van der Waals surface area contributed by atoms with E-state index in [9.17, 15) is 14.4 Å². The first-order valence-corrected chi connectivity index (χ1v) is 9.36. The molecule has 0 spiro atoms. The molecule has 1 aliphatic heterocycles. The van der Waals surface area contributed by atoms with Gasteiger partial charge in [0.1, 0.15) is 17.6 Å². The number of amides is 2. The molecule has 2 aromatic rings. The Labute approximate surface area is 154 Å². The Balaban J connectivity index is 1.83. The van der Waals surface area contributed by atoms with Crippen molar-refractivity contribution in [3.05, 3.63) is 16.7 Å². The summed E-state index contributed by atoms with van der Waals surface area (Å²) >= 11 is 1.23. The second-order valence-corrected chi connectivity index (χ2v) is 7.72. The third kappa shape index (κ3) is 3.85. The molecule has 2 aromatic heterocycles. The molecule has 0 aliphatic carbocycles. The van der Waals surface area contributed by atoms with Gasteiger partial charge < -0.3 is 16.0 Å². The summed E-state index contributed by atoms with van der Waals surface area (Å²) in [6.07, 6.45) is 3.00. The van der Waals surface area contributed by atoms with Crippen molar-refractivity contribution in [2.24, 2.45) is 11.7 Å². The molecule has 0 aromatic carbocycles. The molecule has 1 unspecified atom stereocenters. The number of primary amides is 1. The number of aromatic nitrogens is 3. The van der Waals surface area contributed by atoms with Crippen molar-refractivity contribution < 1.29 is 9.59 Å². The lowest BCUT2D eigenvalue weighted by molar-refractivity contribution is -0.125. The molecular weight excluding hydrogens is 356 g/mol. The summed E-state index contributed by atoms with van der Waals surface area (Å²) in [6.45, 7) is 5.01. The summed E-state index contributed by atoms with van der Waals surface area (Å²) in [7, 11) is 0. The number of nitrogens with two attached hydrogens (primary N) is 1. The lowest BCUT2D eigenvalue weighted by Gasteiger charge is -2.32. The molecule has 26 heavy (non-hydrogen) atoms. The largest absolute Gasteiger partial charge is 0.368 e. The van der Waals surface area contributed by atoms with Gasteiger partial charge >= 0.3 is 0 Å². The highest BCUT2D eigenvalue weighted by Crippen LogP contribution is 2.29. The standard InChI is InChI=1S/C16H22N6O3S/c1-9(2)19-14(24)10-4-3-5-21(6-10)16-20-13-12(26-16)15(25)22(8-18-13)7-11(17)23/h8-10H,3-7H2,1-2H3,(H2,17,23)(H,19,24). The molecule has 9 nitrogen and oxygen atoms in total. The molecule has 0 radical (unpaired) electrons. The molecular formula is C16H22N6O3S. The van der Waals surface area contributed by atoms with Crippen LogP contribution in [0.5, 0.6) is 0 Å². The predicted molar refractivity (Wildman–Crippen MR) is 99.1 cm³/mol. The summed E-state index contributed by atoms with van der Waals surface area (Å²) in [5, 5.41) is 3.62. The van der Waals surface area contributed by atoms with Gasteiger partial charge in [-0.3, -0.25) is 19.0 Å². The summed E-state index contributed by atoms with van der Waals surface area (Å²) in [5.74, 6) is -0.654. The molecule has 1 fully saturated rings. The number of fused-ring (bicyclic) bond motifs is 1. The van der Waals surface area contributed by atoms with Crippen molar-refractivity contribution in [3.63, 3.8) is 0 Å². The Hall–Kier alpha value is -2.49. The first-order chi connectivity index (χ1) is 12.3. The Kier molecular flexibility index (Phi) is 5.21. The second-order valence-electron chi connectivity index (χ2n) is 6.74. The number of rotatable bonds is 5. The highest BCUT2D eigenvalue weighted by Gasteiger charge is 2.28. The normalized spacial score (nSPS) is 17.7. The Morgan fingerprint density at radius 3 is 2.92 bits per heavy atom. The summed E-state index contributed by atoms with van der Waals surface area (Å²) < 4.78 is 1.57. The average molecular weight is 378 g/mol. The van der Waals surface area contributed by atoms with Crippen molar-refractivity contribution in [1.29, 1.82) is 0 Å². The molecule has 140 valence electrons. The van der Waals surface area contributed by atoms with Crippen LogP contribution in [0.1, 0.15) is 26.7 Å². The molecule has 3 heterocycles. The van der Waals surface area contributed by atoms with Crippen LogP contribution in [0.3, 0.4) is 0 Å². The van der Waals surface area contributed by atoms with Crippen LogP contribution in [0.15, 0.2) is 11.1 Å². The molecule has 2 amide bonds. The quantitative estimate of drug-likeness (QED) is 0.759. The van der Waals surface area contributed by atoms with Gasteiger partial charge in [-0.15, -0.1) is 0 Å². The zero-order valence-corrected chi connectivity index (χ0v) is 15.6. The highest BCUT2D eigenvalue weighted by atomic mass is 32.1. The molecule has 10 heteroatoms. The van der Waals surface area contributed by atoms with Crippen molar-refractivity contribution in [2.75, 3.05) is 18.0 Å². The van der Waals surface area contributed by atoms with Gasteiger partial charge in [0.15, 0.2) is 10.8 Å². The maximum atomic E-state index is 12.5. The number of carbonyl (C=O) groups is 2. The number of nitrogens with zero attached hydrogens (tertiary/aromatic N) is 4. The predicted octanol–water partition coefficient (Wildman–Crippen LogP) is 0.0793. The molecule has 3 N–H and O–H groups in total. The SMILES string of the molecule is CC(C)NC(=O)C1CCCN(c2nc3ncn(CC(N)=O)c(=O)c3s2)C1. The van der Waals surface area contributed by atoms with E-state index >= 15 is 0 Å². The van der Waals surface area contributed by atoms with Crippen LogP contribution < -0.4 is 21.5 Å². The minimum Gasteiger partial charge on any atom is -0.368 e. The fourth-order valence-corrected chi connectivity index (χ4v) is 4.02. The number of nitrogens with one attached hydrogen (secondary N) is 1. The number of carbonyl (C=O) groups excluding carboxylic acids is 2. The highest BCUT2D eigenvalue weighted by molar-refractivity contribution is 7.22. The number of hydrogen-bond donors (Lipinski definition) is 2. The Bertz CT molecular complexity index is 890. The summed E-state index contributed by atoms with van der Waals surface area (Å²) in [4.78, 5) is 46.4. The van der Waals surface area contributed by atoms with E-state index in [2.05, 4.69) is 15.3 Å². The zero-order valence-electron chi connectivity index (χ0n) is 14.8. The van der Waals surface area contributed by atoms with Gasteiger partial charge in [0.2, 0.25) is 11.8 Å². The van der Waals surface area contributed by atoms with Crippen molar-refractivity contribution in [3.8, 4) is 0 Å². The van der Waals surface area contributed by atoms with E-state index < -0.39 is 5.91 Å². The van der Waals surface area contributed by atoms with E-state index in [0.717, 1.165) is 19.4 Å². The monoisotopic (exact) mass is 378 g/mol. The van der Waals surface area contributed by atoms with Gasteiger partial charge in [0.05, 0.1) is 5.92 Å². The van der Waals surface area contributed by atoms with E-state index in [1.54, 1.807) is 0 Å². The molecule has 0 saturated carbocycles. The number of anilines is 1. The molecule has 1 aliphatic rings. The van der Waals surface area contributed by atoms with Crippen LogP contribution in [-0.2, 0) is 16.1 Å². The molecule has 1 saturated heterocycles. The van der Waals surface area contributed by atoms with Crippen LogP contribution in [0.4, 0.5) is 5.13 Å². The topological polar surface area (TPSA) is 123 Å². The minimum atomic E-state index is -0.604. The van der Waals surface area contributed by atoms with Gasteiger partial charge in [-0.2, -0.15) is 4.98 Å². The first-order valence-electron chi connectivity index (χ1n) is 8.54. The molecule has 1 atom stereocenters. The lowest BCUT2D eigenvalue weighted by Crippen LogP contribution is -2.44. The Morgan fingerprint density at radius 2 is 2.23 bits per heavy atom. The number of thiazole rings is 1. The lowest BCUT2D eigenvalue weighted by atomic mass is 9.97. The van der Waals surface area contributed by atoms with Gasteiger partial charge in [-0.05, 0) is 26.7 Å². The van der Waals surface area contributed by atoms with Crippen LogP contribution in [-0.4, -0.2) is 45.5 Å². The molecule has 3 rings (SSSR count). The maximum Gasteiger partial charge on any atom is 0.273 e. The van der Waals surface area contributed by atoms with E-state index in [4.69, 9.17) is 5.73 Å². The van der Waals surface area contributed by atoms with E-state index in [1.807, 2.05) is 18.7 Å². The van der Waals surface area contributed by atoms with Crippen molar-refractivity contribution in [1.82, 2.24) is 19.9 Å². The van der Waals surface area contributed by atoms with Gasteiger partial charge in [-0.1, -0.05) is 11.3 Å². The maximum absolute atomic E-state index is 12.5. The smallest absolute Gasteiger partial charge is 0.273 e. The van der Waals surface area contributed by atoms with Gasteiger partial charge in [-0.25, -0.2) is 4.98 Å². The fraction of sp³-hybridized carbons (Fsp3) is 0.562. The van der Waals surface area contributed by atoms with Gasteiger partial charge in [0.25, 0.3) is 5.56 Å². The van der Waals surface area contributed by atoms with E-state index in [0.29, 0.717) is 22.0 Å². The van der Waals surface area contributed by atoms with Crippen LogP contribution in [0, 0.1) is 5.92 Å². The minimum absolute atomic E-state index is 0.0488. The van der Waals surface area contributed by atoms with Crippen LogP contribution in [0.25, 0.3) is 10.3 Å². The van der Waals surface area contributed by atoms with E-state index in [1.165, 1.54) is 22.2 Å². The third-order valence-corrected chi connectivity index (χ3v) is 5.29. The Morgan fingerprint density at radius 1 is 1.46 bits per heavy atom. The van der Waals surface area contributed by atoms with Crippen LogP contribution in [0.2, 0.25) is 0 Å². The molecule has 0 bridgehead atoms.